The quantitative estimate of drug-likeness (QED) is 0.885. The van der Waals surface area contributed by atoms with E-state index in [2.05, 4.69) is 26.6 Å². The SMILES string of the molecule is CC[C@H]1CN(C(=O)C23C[C@@H]4C[C@@H](C2)CC(n2cncn2)(C4)C3)CC[C@@]1(C)O. The van der Waals surface area contributed by atoms with E-state index < -0.39 is 5.60 Å². The van der Waals surface area contributed by atoms with Gasteiger partial charge in [0.15, 0.2) is 0 Å². The lowest BCUT2D eigenvalue weighted by Crippen LogP contribution is -2.63. The third-order valence-corrected chi connectivity index (χ3v) is 8.38. The summed E-state index contributed by atoms with van der Waals surface area (Å²) in [4.78, 5) is 20.1. The third-order valence-electron chi connectivity index (χ3n) is 8.38. The molecule has 0 aromatic carbocycles. The van der Waals surface area contributed by atoms with Gasteiger partial charge in [0, 0.05) is 19.0 Å². The van der Waals surface area contributed by atoms with Gasteiger partial charge in [0.1, 0.15) is 12.7 Å². The summed E-state index contributed by atoms with van der Waals surface area (Å²) < 4.78 is 2.07. The Morgan fingerprint density at radius 1 is 1.26 bits per heavy atom. The number of aliphatic hydroxyl groups is 1. The molecule has 1 aromatic heterocycles. The molecule has 1 aliphatic heterocycles. The van der Waals surface area contributed by atoms with Gasteiger partial charge < -0.3 is 10.0 Å². The van der Waals surface area contributed by atoms with Crippen molar-refractivity contribution in [1.82, 2.24) is 19.7 Å². The number of rotatable bonds is 3. The Hall–Kier alpha value is -1.43. The van der Waals surface area contributed by atoms with Gasteiger partial charge in [0.05, 0.1) is 16.6 Å². The van der Waals surface area contributed by atoms with E-state index in [0.717, 1.165) is 38.5 Å². The van der Waals surface area contributed by atoms with Crippen molar-refractivity contribution in [2.45, 2.75) is 76.4 Å². The van der Waals surface area contributed by atoms with Gasteiger partial charge in [-0.2, -0.15) is 5.10 Å². The molecular weight excluding hydrogens is 340 g/mol. The van der Waals surface area contributed by atoms with Crippen LogP contribution in [0.1, 0.15) is 65.2 Å². The Balaban J connectivity index is 1.44. The Labute approximate surface area is 161 Å². The smallest absolute Gasteiger partial charge is 0.228 e. The van der Waals surface area contributed by atoms with E-state index in [0.29, 0.717) is 37.3 Å². The number of nitrogens with zero attached hydrogens (tertiary/aromatic N) is 4. The molecule has 27 heavy (non-hydrogen) atoms. The van der Waals surface area contributed by atoms with Gasteiger partial charge in [-0.05, 0) is 70.1 Å². The molecule has 4 atom stereocenters. The van der Waals surface area contributed by atoms with Gasteiger partial charge in [-0.15, -0.1) is 0 Å². The fourth-order valence-electron chi connectivity index (χ4n) is 7.39. The van der Waals surface area contributed by atoms with Crippen LogP contribution in [0.15, 0.2) is 12.7 Å². The van der Waals surface area contributed by atoms with Crippen LogP contribution in [0.3, 0.4) is 0 Å². The third kappa shape index (κ3) is 2.59. The average molecular weight is 373 g/mol. The Kier molecular flexibility index (Phi) is 3.78. The van der Waals surface area contributed by atoms with Crippen LogP contribution < -0.4 is 0 Å². The van der Waals surface area contributed by atoms with Gasteiger partial charge in [0.25, 0.3) is 0 Å². The number of likely N-dealkylation sites (tertiary alicyclic amines) is 1. The number of amides is 1. The number of carbonyl (C=O) groups excluding carboxylic acids is 1. The van der Waals surface area contributed by atoms with E-state index in [1.807, 2.05) is 13.3 Å². The first-order valence-corrected chi connectivity index (χ1v) is 10.7. The van der Waals surface area contributed by atoms with E-state index in [1.165, 1.54) is 6.42 Å². The predicted molar refractivity (Wildman–Crippen MR) is 101 cm³/mol. The zero-order valence-corrected chi connectivity index (χ0v) is 16.6. The lowest BCUT2D eigenvalue weighted by Gasteiger charge is -2.62. The topological polar surface area (TPSA) is 71.2 Å². The Bertz CT molecular complexity index is 715. The molecule has 1 aromatic rings. The van der Waals surface area contributed by atoms with E-state index in [-0.39, 0.29) is 16.9 Å². The minimum Gasteiger partial charge on any atom is -0.390 e. The van der Waals surface area contributed by atoms with Gasteiger partial charge in [-0.25, -0.2) is 9.67 Å². The van der Waals surface area contributed by atoms with Crippen LogP contribution in [0.25, 0.3) is 0 Å². The highest BCUT2D eigenvalue weighted by Crippen LogP contribution is 2.64. The van der Waals surface area contributed by atoms with Gasteiger partial charge in [0.2, 0.25) is 5.91 Å². The second-order valence-electron chi connectivity index (χ2n) is 10.3. The molecule has 1 saturated heterocycles. The van der Waals surface area contributed by atoms with Crippen LogP contribution in [0.5, 0.6) is 0 Å². The number of hydrogen-bond donors (Lipinski definition) is 1. The number of hydrogen-bond acceptors (Lipinski definition) is 4. The first kappa shape index (κ1) is 17.7. The summed E-state index contributed by atoms with van der Waals surface area (Å²) in [6.07, 6.45) is 11.7. The molecule has 0 spiro atoms. The van der Waals surface area contributed by atoms with Crippen LogP contribution in [-0.2, 0) is 10.3 Å². The minimum atomic E-state index is -0.644. The van der Waals surface area contributed by atoms with Gasteiger partial charge in [-0.1, -0.05) is 6.92 Å². The maximum Gasteiger partial charge on any atom is 0.228 e. The second kappa shape index (κ2) is 5.79. The van der Waals surface area contributed by atoms with Crippen molar-refractivity contribution in [2.24, 2.45) is 23.2 Å². The molecule has 5 aliphatic rings. The zero-order chi connectivity index (χ0) is 18.9. The maximum atomic E-state index is 13.8. The monoisotopic (exact) mass is 372 g/mol. The van der Waals surface area contributed by atoms with Gasteiger partial charge in [-0.3, -0.25) is 4.79 Å². The first-order chi connectivity index (χ1) is 12.9. The molecule has 1 amide bonds. The lowest BCUT2D eigenvalue weighted by molar-refractivity contribution is -0.172. The first-order valence-electron chi connectivity index (χ1n) is 10.7. The molecule has 6 rings (SSSR count). The van der Waals surface area contributed by atoms with Crippen molar-refractivity contribution < 1.29 is 9.90 Å². The highest BCUT2D eigenvalue weighted by atomic mass is 16.3. The summed E-state index contributed by atoms with van der Waals surface area (Å²) >= 11 is 0. The van der Waals surface area contributed by atoms with Crippen molar-refractivity contribution in [3.63, 3.8) is 0 Å². The normalized spacial score (nSPS) is 46.0. The second-order valence-corrected chi connectivity index (χ2v) is 10.3. The van der Waals surface area contributed by atoms with Gasteiger partial charge >= 0.3 is 0 Å². The highest BCUT2D eigenvalue weighted by molar-refractivity contribution is 5.83. The molecule has 0 radical (unpaired) electrons. The van der Waals surface area contributed by atoms with Crippen LogP contribution in [0.2, 0.25) is 0 Å². The number of carbonyl (C=O) groups is 1. The standard InChI is InChI=1S/C21H32N4O2/c1-3-17-11-24(5-4-19(17,2)27)18(26)20-7-15-6-16(8-20)10-21(9-15,12-20)25-14-22-13-23-25/h13-17,27H,3-12H2,1-2H3/t15-,16-,17-,19+,20?,21?/m0/s1. The molecule has 4 saturated carbocycles. The summed E-state index contributed by atoms with van der Waals surface area (Å²) in [5, 5.41) is 15.2. The van der Waals surface area contributed by atoms with Crippen molar-refractivity contribution >= 4 is 5.91 Å². The lowest BCUT2D eigenvalue weighted by atomic mass is 9.46. The molecule has 4 bridgehead atoms. The van der Waals surface area contributed by atoms with E-state index in [9.17, 15) is 9.90 Å². The van der Waals surface area contributed by atoms with E-state index in [4.69, 9.17) is 0 Å². The molecule has 148 valence electrons. The summed E-state index contributed by atoms with van der Waals surface area (Å²) in [6.45, 7) is 5.45. The summed E-state index contributed by atoms with van der Waals surface area (Å²) in [6, 6.07) is 0. The fraction of sp³-hybridized carbons (Fsp3) is 0.857. The maximum absolute atomic E-state index is 13.8. The molecular formula is C21H32N4O2. The number of piperidine rings is 1. The van der Waals surface area contributed by atoms with Crippen molar-refractivity contribution in [3.8, 4) is 0 Å². The molecule has 2 heterocycles. The largest absolute Gasteiger partial charge is 0.390 e. The summed E-state index contributed by atoms with van der Waals surface area (Å²) in [7, 11) is 0. The van der Waals surface area contributed by atoms with Crippen molar-refractivity contribution in [3.05, 3.63) is 12.7 Å². The Morgan fingerprint density at radius 2 is 2.00 bits per heavy atom. The average Bonchev–Trinajstić information content (AvgIpc) is 3.15. The predicted octanol–water partition coefficient (Wildman–Crippen LogP) is 2.58. The minimum absolute atomic E-state index is 0.0122. The molecule has 6 nitrogen and oxygen atoms in total. The fourth-order valence-corrected chi connectivity index (χ4v) is 7.39. The van der Waals surface area contributed by atoms with Crippen LogP contribution in [0, 0.1) is 23.2 Å². The van der Waals surface area contributed by atoms with Crippen LogP contribution in [0.4, 0.5) is 0 Å². The zero-order valence-electron chi connectivity index (χ0n) is 16.6. The Morgan fingerprint density at radius 3 is 2.63 bits per heavy atom. The summed E-state index contributed by atoms with van der Waals surface area (Å²) in [5.74, 6) is 1.80. The number of aromatic nitrogens is 3. The van der Waals surface area contributed by atoms with Crippen molar-refractivity contribution in [2.75, 3.05) is 13.1 Å². The van der Waals surface area contributed by atoms with E-state index >= 15 is 0 Å². The molecule has 6 heteroatoms. The van der Waals surface area contributed by atoms with Crippen LogP contribution >= 0.6 is 0 Å². The molecule has 5 fully saturated rings. The highest BCUT2D eigenvalue weighted by Gasteiger charge is 2.62. The van der Waals surface area contributed by atoms with Crippen LogP contribution in [-0.4, -0.2) is 49.4 Å². The van der Waals surface area contributed by atoms with Crippen molar-refractivity contribution in [1.29, 1.82) is 0 Å². The molecule has 4 aliphatic carbocycles. The molecule has 1 N–H and O–H groups in total. The van der Waals surface area contributed by atoms with E-state index in [1.54, 1.807) is 6.33 Å². The summed E-state index contributed by atoms with van der Waals surface area (Å²) in [5.41, 5.74) is -0.881. The molecule has 0 unspecified atom stereocenters.